The van der Waals surface area contributed by atoms with Gasteiger partial charge in [-0.25, -0.2) is 0 Å². The van der Waals surface area contributed by atoms with E-state index in [1.54, 1.807) is 0 Å². The number of aromatic nitrogens is 1. The van der Waals surface area contributed by atoms with Crippen LogP contribution in [-0.2, 0) is 0 Å². The Labute approximate surface area is 258 Å². The van der Waals surface area contributed by atoms with E-state index in [2.05, 4.69) is 180 Å². The minimum atomic E-state index is -2.83. The molecule has 0 amide bonds. The van der Waals surface area contributed by atoms with Crippen LogP contribution < -0.4 is 20.7 Å². The molecule has 0 fully saturated rings. The lowest BCUT2D eigenvalue weighted by Crippen LogP contribution is -2.75. The van der Waals surface area contributed by atoms with Gasteiger partial charge in [0, 0.05) is 22.0 Å². The van der Waals surface area contributed by atoms with Gasteiger partial charge in [-0.2, -0.15) is 0 Å². The molecule has 0 unspecified atom stereocenters. The molecule has 206 valence electrons. The van der Waals surface area contributed by atoms with Gasteiger partial charge in [0.05, 0.1) is 11.0 Å². The van der Waals surface area contributed by atoms with E-state index in [-0.39, 0.29) is 0 Å². The van der Waals surface area contributed by atoms with Gasteiger partial charge in [-0.3, -0.25) is 0 Å². The summed E-state index contributed by atoms with van der Waals surface area (Å²) in [6.45, 7) is 0. The number of para-hydroxylation sites is 2. The highest BCUT2D eigenvalue weighted by atomic mass is 28.3. The molecule has 0 saturated carbocycles. The van der Waals surface area contributed by atoms with E-state index in [1.807, 2.05) is 0 Å². The molecule has 1 aliphatic heterocycles. The van der Waals surface area contributed by atoms with Crippen molar-refractivity contribution in [2.45, 2.75) is 0 Å². The summed E-state index contributed by atoms with van der Waals surface area (Å²) in [5, 5.41) is 8.22. The molecule has 44 heavy (non-hydrogen) atoms. The van der Waals surface area contributed by atoms with Gasteiger partial charge in [-0.1, -0.05) is 158 Å². The maximum atomic E-state index is 2.51. The van der Waals surface area contributed by atoms with Gasteiger partial charge in [-0.05, 0) is 55.6 Å². The van der Waals surface area contributed by atoms with Crippen LogP contribution in [0.5, 0.6) is 0 Å². The first-order valence-electron chi connectivity index (χ1n) is 15.3. The summed E-state index contributed by atoms with van der Waals surface area (Å²) in [4.78, 5) is 0. The van der Waals surface area contributed by atoms with Crippen molar-refractivity contribution in [2.24, 2.45) is 0 Å². The third-order valence-electron chi connectivity index (χ3n) is 9.49. The highest BCUT2D eigenvalue weighted by molar-refractivity contribution is 7.21. The molecule has 2 heteroatoms. The van der Waals surface area contributed by atoms with Crippen LogP contribution in [0.15, 0.2) is 176 Å². The zero-order chi connectivity index (χ0) is 29.1. The average Bonchev–Trinajstić information content (AvgIpc) is 3.39. The summed E-state index contributed by atoms with van der Waals surface area (Å²) in [5.74, 6) is 0. The lowest BCUT2D eigenvalue weighted by Gasteiger charge is -2.36. The van der Waals surface area contributed by atoms with E-state index in [0.717, 1.165) is 0 Å². The minimum Gasteiger partial charge on any atom is -0.309 e. The summed E-state index contributed by atoms with van der Waals surface area (Å²) in [7, 11) is -2.83. The zero-order valence-corrected chi connectivity index (χ0v) is 25.2. The summed E-state index contributed by atoms with van der Waals surface area (Å²) in [6, 6.07) is 65.5. The van der Waals surface area contributed by atoms with Crippen molar-refractivity contribution in [3.63, 3.8) is 0 Å². The predicted molar refractivity (Wildman–Crippen MR) is 189 cm³/mol. The van der Waals surface area contributed by atoms with Crippen molar-refractivity contribution >= 4 is 50.6 Å². The Balaban J connectivity index is 1.59. The fourth-order valence-corrected chi connectivity index (χ4v) is 13.0. The van der Waals surface area contributed by atoms with Crippen LogP contribution in [0, 0.1) is 0 Å². The molecule has 0 radical (unpaired) electrons. The van der Waals surface area contributed by atoms with E-state index in [4.69, 9.17) is 0 Å². The minimum absolute atomic E-state index is 1.18. The van der Waals surface area contributed by atoms with Gasteiger partial charge in [0.2, 0.25) is 0 Å². The molecule has 0 atom stereocenters. The second-order valence-electron chi connectivity index (χ2n) is 11.6. The summed E-state index contributed by atoms with van der Waals surface area (Å²) in [5.41, 5.74) is 8.94. The van der Waals surface area contributed by atoms with Crippen LogP contribution in [0.1, 0.15) is 0 Å². The van der Waals surface area contributed by atoms with E-state index in [1.165, 1.54) is 70.5 Å². The number of nitrogens with zero attached hydrogens (tertiary/aromatic N) is 1. The maximum Gasteiger partial charge on any atom is 0.180 e. The lowest BCUT2D eigenvalue weighted by molar-refractivity contribution is 1.18. The van der Waals surface area contributed by atoms with E-state index < -0.39 is 8.07 Å². The van der Waals surface area contributed by atoms with Crippen molar-refractivity contribution in [2.75, 3.05) is 0 Å². The maximum absolute atomic E-state index is 2.83. The highest BCUT2D eigenvalue weighted by Gasteiger charge is 2.47. The van der Waals surface area contributed by atoms with Crippen molar-refractivity contribution in [1.82, 2.24) is 4.57 Å². The van der Waals surface area contributed by atoms with E-state index >= 15 is 0 Å². The molecule has 0 spiro atoms. The fraction of sp³-hybridized carbons (Fsp3) is 0. The Morgan fingerprint density at radius 2 is 0.909 bits per heavy atom. The van der Waals surface area contributed by atoms with Crippen molar-refractivity contribution in [3.05, 3.63) is 176 Å². The Bertz CT molecular complexity index is 2280. The Morgan fingerprint density at radius 1 is 0.364 bits per heavy atom. The van der Waals surface area contributed by atoms with Crippen molar-refractivity contribution in [3.8, 4) is 27.9 Å². The SMILES string of the molecule is c1ccc(-n2c3ccccc3c3ccc4c(c32)-c2ccccc2-c2ccccc2[Si]4(c2ccccc2)c2ccccc2)cc1. The second-order valence-corrected chi connectivity index (χ2v) is 15.4. The van der Waals surface area contributed by atoms with Crippen LogP contribution in [0.4, 0.5) is 0 Å². The monoisotopic (exact) mass is 575 g/mol. The lowest BCUT2D eigenvalue weighted by atomic mass is 9.93. The first kappa shape index (κ1) is 25.1. The molecule has 0 N–H and O–H groups in total. The van der Waals surface area contributed by atoms with Gasteiger partial charge >= 0.3 is 0 Å². The van der Waals surface area contributed by atoms with Gasteiger partial charge in [0.25, 0.3) is 0 Å². The van der Waals surface area contributed by atoms with Crippen LogP contribution in [0.3, 0.4) is 0 Å². The largest absolute Gasteiger partial charge is 0.309 e. The molecule has 0 bridgehead atoms. The summed E-state index contributed by atoms with van der Waals surface area (Å²) < 4.78 is 2.51. The average molecular weight is 576 g/mol. The van der Waals surface area contributed by atoms with E-state index in [9.17, 15) is 0 Å². The van der Waals surface area contributed by atoms with Gasteiger partial charge in [0.1, 0.15) is 0 Å². The molecule has 8 aromatic rings. The number of benzene rings is 7. The Kier molecular flexibility index (Phi) is 5.59. The van der Waals surface area contributed by atoms with Crippen LogP contribution >= 0.6 is 0 Å². The van der Waals surface area contributed by atoms with Crippen LogP contribution in [-0.4, -0.2) is 12.6 Å². The van der Waals surface area contributed by atoms with Crippen LogP contribution in [0.25, 0.3) is 49.7 Å². The predicted octanol–water partition coefficient (Wildman–Crippen LogP) is 7.81. The summed E-state index contributed by atoms with van der Waals surface area (Å²) in [6.07, 6.45) is 0. The molecular weight excluding hydrogens is 547 g/mol. The number of hydrogen-bond acceptors (Lipinski definition) is 0. The van der Waals surface area contributed by atoms with E-state index in [0.29, 0.717) is 0 Å². The molecule has 0 aliphatic carbocycles. The highest BCUT2D eigenvalue weighted by Crippen LogP contribution is 2.43. The standard InChI is InChI=1S/C42H29NSi/c1-4-16-30(17-5-1)43-38-26-14-12-23-34(38)37-28-29-40-41(42(37)43)36-25-11-10-22-33(36)35-24-13-15-27-39(35)44(40,31-18-6-2-7-19-31)32-20-8-3-9-21-32/h1-29H. The normalized spacial score (nSPS) is 13.2. The molecule has 1 nitrogen and oxygen atoms in total. The molecule has 1 aliphatic rings. The summed E-state index contributed by atoms with van der Waals surface area (Å²) >= 11 is 0. The fourth-order valence-electron chi connectivity index (χ4n) is 7.78. The molecule has 7 aromatic carbocycles. The third-order valence-corrected chi connectivity index (χ3v) is 14.4. The molecule has 1 aromatic heterocycles. The topological polar surface area (TPSA) is 4.93 Å². The number of rotatable bonds is 3. The zero-order valence-electron chi connectivity index (χ0n) is 24.2. The quantitative estimate of drug-likeness (QED) is 0.189. The van der Waals surface area contributed by atoms with Crippen molar-refractivity contribution < 1.29 is 0 Å². The second kappa shape index (κ2) is 9.80. The Morgan fingerprint density at radius 3 is 1.61 bits per heavy atom. The third kappa shape index (κ3) is 3.40. The number of fused-ring (bicyclic) bond motifs is 9. The van der Waals surface area contributed by atoms with Gasteiger partial charge in [-0.15, -0.1) is 0 Å². The Hall–Kier alpha value is -5.44. The smallest absolute Gasteiger partial charge is 0.180 e. The number of hydrogen-bond donors (Lipinski definition) is 0. The molecular formula is C42H29NSi. The molecule has 0 saturated heterocycles. The molecule has 9 rings (SSSR count). The molecule has 2 heterocycles. The van der Waals surface area contributed by atoms with Gasteiger partial charge < -0.3 is 4.57 Å². The first-order chi connectivity index (χ1) is 21.9. The van der Waals surface area contributed by atoms with Crippen molar-refractivity contribution in [1.29, 1.82) is 0 Å². The first-order valence-corrected chi connectivity index (χ1v) is 17.3. The van der Waals surface area contributed by atoms with Crippen LogP contribution in [0.2, 0.25) is 0 Å². The van der Waals surface area contributed by atoms with Gasteiger partial charge in [0.15, 0.2) is 8.07 Å².